The normalized spacial score (nSPS) is 10.7. The van der Waals surface area contributed by atoms with Gasteiger partial charge in [-0.1, -0.05) is 18.2 Å². The number of hydrogen-bond acceptors (Lipinski definition) is 3. The Labute approximate surface area is 103 Å². The summed E-state index contributed by atoms with van der Waals surface area (Å²) in [5, 5.41) is 7.50. The molecule has 0 fully saturated rings. The van der Waals surface area contributed by atoms with Crippen molar-refractivity contribution in [3.8, 4) is 0 Å². The average molecular weight is 241 g/mol. The molecular formula is C12H11N5O. The zero-order valence-electron chi connectivity index (χ0n) is 9.71. The fourth-order valence-electron chi connectivity index (χ4n) is 1.84. The van der Waals surface area contributed by atoms with E-state index in [0.717, 1.165) is 10.9 Å². The van der Waals surface area contributed by atoms with Crippen LogP contribution in [-0.4, -0.2) is 25.7 Å². The van der Waals surface area contributed by atoms with Gasteiger partial charge >= 0.3 is 0 Å². The summed E-state index contributed by atoms with van der Waals surface area (Å²) >= 11 is 0. The number of aromatic nitrogens is 4. The Bertz CT molecular complexity index is 712. The van der Waals surface area contributed by atoms with E-state index in [1.807, 2.05) is 24.3 Å². The quantitative estimate of drug-likeness (QED) is 0.714. The maximum Gasteiger partial charge on any atom is 0.260 e. The van der Waals surface area contributed by atoms with E-state index in [1.54, 1.807) is 13.2 Å². The zero-order valence-corrected chi connectivity index (χ0v) is 9.71. The number of carbonyl (C=O) groups excluding carboxylic acids is 1. The Morgan fingerprint density at radius 2 is 2.22 bits per heavy atom. The second-order valence-corrected chi connectivity index (χ2v) is 3.91. The highest BCUT2D eigenvalue weighted by atomic mass is 16.1. The second-order valence-electron chi connectivity index (χ2n) is 3.91. The van der Waals surface area contributed by atoms with Crippen molar-refractivity contribution in [3.05, 3.63) is 42.4 Å². The van der Waals surface area contributed by atoms with Crippen LogP contribution < -0.4 is 5.32 Å². The number of nitrogens with zero attached hydrogens (tertiary/aromatic N) is 3. The van der Waals surface area contributed by atoms with Crippen molar-refractivity contribution >= 4 is 22.8 Å². The average Bonchev–Trinajstić information content (AvgIpc) is 2.96. The highest BCUT2D eigenvalue weighted by molar-refractivity contribution is 6.12. The van der Waals surface area contributed by atoms with E-state index < -0.39 is 0 Å². The SMILES string of the molecule is Cn1ncnc1NC(=O)c1c[nH]c2ccccc12. The molecule has 1 aromatic carbocycles. The fourth-order valence-corrected chi connectivity index (χ4v) is 1.84. The Kier molecular flexibility index (Phi) is 2.33. The van der Waals surface area contributed by atoms with Crippen LogP contribution in [0, 0.1) is 0 Å². The third-order valence-corrected chi connectivity index (χ3v) is 2.77. The first-order valence-electron chi connectivity index (χ1n) is 5.47. The number of fused-ring (bicyclic) bond motifs is 1. The van der Waals surface area contributed by atoms with Gasteiger partial charge in [0, 0.05) is 24.1 Å². The molecule has 0 aliphatic heterocycles. The van der Waals surface area contributed by atoms with Crippen LogP contribution in [0.2, 0.25) is 0 Å². The van der Waals surface area contributed by atoms with Gasteiger partial charge in [0.25, 0.3) is 5.91 Å². The molecule has 0 unspecified atom stereocenters. The molecule has 3 rings (SSSR count). The van der Waals surface area contributed by atoms with Crippen molar-refractivity contribution in [1.29, 1.82) is 0 Å². The lowest BCUT2D eigenvalue weighted by atomic mass is 10.1. The molecule has 6 heteroatoms. The Balaban J connectivity index is 1.95. The molecule has 0 saturated heterocycles. The minimum absolute atomic E-state index is 0.205. The molecule has 0 aliphatic carbocycles. The maximum atomic E-state index is 12.1. The summed E-state index contributed by atoms with van der Waals surface area (Å²) in [5.74, 6) is 0.217. The maximum absolute atomic E-state index is 12.1. The molecule has 2 heterocycles. The lowest BCUT2D eigenvalue weighted by molar-refractivity contribution is 0.102. The van der Waals surface area contributed by atoms with Crippen molar-refractivity contribution in [3.63, 3.8) is 0 Å². The van der Waals surface area contributed by atoms with E-state index >= 15 is 0 Å². The van der Waals surface area contributed by atoms with Crippen LogP contribution in [-0.2, 0) is 7.05 Å². The van der Waals surface area contributed by atoms with Crippen molar-refractivity contribution in [2.75, 3.05) is 5.32 Å². The summed E-state index contributed by atoms with van der Waals surface area (Å²) in [5.41, 5.74) is 1.52. The van der Waals surface area contributed by atoms with Crippen LogP contribution in [0.5, 0.6) is 0 Å². The van der Waals surface area contributed by atoms with E-state index in [0.29, 0.717) is 11.5 Å². The lowest BCUT2D eigenvalue weighted by Gasteiger charge is -2.02. The van der Waals surface area contributed by atoms with Gasteiger partial charge < -0.3 is 4.98 Å². The van der Waals surface area contributed by atoms with Gasteiger partial charge in [-0.15, -0.1) is 0 Å². The summed E-state index contributed by atoms with van der Waals surface area (Å²) in [4.78, 5) is 19.1. The molecule has 18 heavy (non-hydrogen) atoms. The number of amides is 1. The number of aromatic amines is 1. The zero-order chi connectivity index (χ0) is 12.5. The molecule has 0 bridgehead atoms. The fraction of sp³-hybridized carbons (Fsp3) is 0.0833. The van der Waals surface area contributed by atoms with Crippen molar-refractivity contribution in [1.82, 2.24) is 19.7 Å². The van der Waals surface area contributed by atoms with Crippen LogP contribution >= 0.6 is 0 Å². The summed E-state index contributed by atoms with van der Waals surface area (Å²) in [6, 6.07) is 7.64. The van der Waals surface area contributed by atoms with Crippen LogP contribution in [0.15, 0.2) is 36.8 Å². The van der Waals surface area contributed by atoms with Gasteiger partial charge in [-0.3, -0.25) is 10.1 Å². The van der Waals surface area contributed by atoms with E-state index in [4.69, 9.17) is 0 Å². The number of para-hydroxylation sites is 1. The predicted octanol–water partition coefficient (Wildman–Crippen LogP) is 1.55. The molecule has 0 atom stereocenters. The number of anilines is 1. The van der Waals surface area contributed by atoms with Gasteiger partial charge in [-0.25, -0.2) is 4.68 Å². The highest BCUT2D eigenvalue weighted by Gasteiger charge is 2.13. The third-order valence-electron chi connectivity index (χ3n) is 2.77. The largest absolute Gasteiger partial charge is 0.360 e. The van der Waals surface area contributed by atoms with Crippen LogP contribution in [0.1, 0.15) is 10.4 Å². The monoisotopic (exact) mass is 241 g/mol. The van der Waals surface area contributed by atoms with E-state index in [1.165, 1.54) is 11.0 Å². The molecule has 90 valence electrons. The molecule has 2 aromatic heterocycles. The first-order valence-corrected chi connectivity index (χ1v) is 5.47. The topological polar surface area (TPSA) is 75.6 Å². The Hall–Kier alpha value is -2.63. The van der Waals surface area contributed by atoms with Crippen molar-refractivity contribution in [2.45, 2.75) is 0 Å². The van der Waals surface area contributed by atoms with Gasteiger partial charge in [0.2, 0.25) is 5.95 Å². The predicted molar refractivity (Wildman–Crippen MR) is 67.3 cm³/mol. The molecule has 3 aromatic rings. The standard InChI is InChI=1S/C12H11N5O/c1-17-12(14-7-15-17)16-11(18)9-6-13-10-5-3-2-4-8(9)10/h2-7,13H,1H3,(H,14,15,16,18). The third kappa shape index (κ3) is 1.64. The van der Waals surface area contributed by atoms with Crippen LogP contribution in [0.25, 0.3) is 10.9 Å². The van der Waals surface area contributed by atoms with Crippen molar-refractivity contribution in [2.24, 2.45) is 7.05 Å². The van der Waals surface area contributed by atoms with Gasteiger partial charge in [-0.05, 0) is 6.07 Å². The Morgan fingerprint density at radius 1 is 1.39 bits per heavy atom. The molecule has 0 aliphatic rings. The molecule has 1 amide bonds. The lowest BCUT2D eigenvalue weighted by Crippen LogP contribution is -2.14. The van der Waals surface area contributed by atoms with E-state index in [9.17, 15) is 4.79 Å². The summed E-state index contributed by atoms with van der Waals surface area (Å²) < 4.78 is 1.51. The number of hydrogen-bond donors (Lipinski definition) is 2. The number of aryl methyl sites for hydroxylation is 1. The summed E-state index contributed by atoms with van der Waals surface area (Å²) in [6.45, 7) is 0. The van der Waals surface area contributed by atoms with Gasteiger partial charge in [0.1, 0.15) is 6.33 Å². The number of carbonyl (C=O) groups is 1. The summed E-state index contributed by atoms with van der Waals surface area (Å²) in [7, 11) is 1.72. The van der Waals surface area contributed by atoms with Crippen LogP contribution in [0.3, 0.4) is 0 Å². The molecule has 2 N–H and O–H groups in total. The second kappa shape index (κ2) is 3.99. The smallest absolute Gasteiger partial charge is 0.260 e. The van der Waals surface area contributed by atoms with Gasteiger partial charge in [0.15, 0.2) is 0 Å². The van der Waals surface area contributed by atoms with Gasteiger partial charge in [-0.2, -0.15) is 10.1 Å². The minimum atomic E-state index is -0.205. The van der Waals surface area contributed by atoms with Crippen molar-refractivity contribution < 1.29 is 4.79 Å². The molecule has 0 radical (unpaired) electrons. The Morgan fingerprint density at radius 3 is 3.00 bits per heavy atom. The number of nitrogens with one attached hydrogen (secondary N) is 2. The molecule has 0 spiro atoms. The molecule has 0 saturated carbocycles. The van der Waals surface area contributed by atoms with E-state index in [-0.39, 0.29) is 5.91 Å². The number of benzene rings is 1. The first-order chi connectivity index (χ1) is 8.75. The van der Waals surface area contributed by atoms with Crippen LogP contribution in [0.4, 0.5) is 5.95 Å². The number of rotatable bonds is 2. The number of H-pyrrole nitrogens is 1. The van der Waals surface area contributed by atoms with E-state index in [2.05, 4.69) is 20.4 Å². The van der Waals surface area contributed by atoms with Gasteiger partial charge in [0.05, 0.1) is 5.56 Å². The molecular weight excluding hydrogens is 230 g/mol. The minimum Gasteiger partial charge on any atom is -0.360 e. The molecule has 6 nitrogen and oxygen atoms in total. The summed E-state index contributed by atoms with van der Waals surface area (Å²) in [6.07, 6.45) is 3.08. The first kappa shape index (κ1) is 10.5. The highest BCUT2D eigenvalue weighted by Crippen LogP contribution is 2.18.